The van der Waals surface area contributed by atoms with Crippen molar-refractivity contribution in [1.29, 1.82) is 0 Å². The molecule has 3 nitrogen and oxygen atoms in total. The van der Waals surface area contributed by atoms with Crippen LogP contribution in [0.1, 0.15) is 55.6 Å². The van der Waals surface area contributed by atoms with Gasteiger partial charge < -0.3 is 5.32 Å². The minimum absolute atomic E-state index is 0.189. The summed E-state index contributed by atoms with van der Waals surface area (Å²) < 4.78 is 15.0. The second kappa shape index (κ2) is 5.98. The molecular formula is C17H22FN3. The van der Waals surface area contributed by atoms with Crippen LogP contribution in [0.25, 0.3) is 0 Å². The number of halogens is 1. The van der Waals surface area contributed by atoms with Gasteiger partial charge in [0, 0.05) is 25.0 Å². The second-order valence-electron chi connectivity index (χ2n) is 6.10. The second-order valence-corrected chi connectivity index (χ2v) is 6.10. The van der Waals surface area contributed by atoms with Gasteiger partial charge in [-0.1, -0.05) is 12.1 Å². The van der Waals surface area contributed by atoms with Crippen LogP contribution in [-0.2, 0) is 13.1 Å². The van der Waals surface area contributed by atoms with Gasteiger partial charge in [0.2, 0.25) is 0 Å². The van der Waals surface area contributed by atoms with E-state index in [0.29, 0.717) is 12.0 Å². The number of benzene rings is 1. The molecule has 0 radical (unpaired) electrons. The summed E-state index contributed by atoms with van der Waals surface area (Å²) in [5, 5.41) is 8.16. The predicted molar refractivity (Wildman–Crippen MR) is 81.5 cm³/mol. The molecule has 1 saturated carbocycles. The lowest BCUT2D eigenvalue weighted by molar-refractivity contribution is 0.491. The summed E-state index contributed by atoms with van der Waals surface area (Å²) in [6.07, 6.45) is 2.55. The summed E-state index contributed by atoms with van der Waals surface area (Å²) in [6, 6.07) is 9.24. The quantitative estimate of drug-likeness (QED) is 0.876. The largest absolute Gasteiger partial charge is 0.307 e. The summed E-state index contributed by atoms with van der Waals surface area (Å²) >= 11 is 0. The van der Waals surface area contributed by atoms with Crippen LogP contribution < -0.4 is 5.32 Å². The van der Waals surface area contributed by atoms with Gasteiger partial charge in [0.05, 0.1) is 11.4 Å². The molecule has 1 fully saturated rings. The molecule has 0 unspecified atom stereocenters. The maximum Gasteiger partial charge on any atom is 0.123 e. The Morgan fingerprint density at radius 1 is 1.24 bits per heavy atom. The van der Waals surface area contributed by atoms with Crippen molar-refractivity contribution in [3.63, 3.8) is 0 Å². The van der Waals surface area contributed by atoms with Gasteiger partial charge in [-0.15, -0.1) is 0 Å². The molecule has 3 rings (SSSR count). The fraction of sp³-hybridized carbons (Fsp3) is 0.471. The highest BCUT2D eigenvalue weighted by molar-refractivity contribution is 5.20. The fourth-order valence-corrected chi connectivity index (χ4v) is 2.55. The smallest absolute Gasteiger partial charge is 0.123 e. The van der Waals surface area contributed by atoms with Crippen LogP contribution in [0.4, 0.5) is 4.39 Å². The third kappa shape index (κ3) is 3.50. The van der Waals surface area contributed by atoms with E-state index in [1.54, 1.807) is 0 Å². The summed E-state index contributed by atoms with van der Waals surface area (Å²) in [6.45, 7) is 5.85. The zero-order valence-corrected chi connectivity index (χ0v) is 12.6. The van der Waals surface area contributed by atoms with Gasteiger partial charge in [-0.25, -0.2) is 4.39 Å². The molecule has 2 aromatic rings. The Balaban J connectivity index is 1.62. The maximum absolute atomic E-state index is 12.9. The van der Waals surface area contributed by atoms with Gasteiger partial charge in [-0.3, -0.25) is 4.68 Å². The van der Waals surface area contributed by atoms with Gasteiger partial charge in [0.15, 0.2) is 0 Å². The van der Waals surface area contributed by atoms with Crippen molar-refractivity contribution >= 4 is 0 Å². The molecule has 1 N–H and O–H groups in total. The monoisotopic (exact) mass is 287 g/mol. The van der Waals surface area contributed by atoms with E-state index in [1.807, 2.05) is 12.1 Å². The Labute approximate surface area is 125 Å². The molecule has 112 valence electrons. The van der Waals surface area contributed by atoms with Crippen molar-refractivity contribution in [3.8, 4) is 0 Å². The third-order valence-corrected chi connectivity index (χ3v) is 3.87. The van der Waals surface area contributed by atoms with Crippen LogP contribution in [0.15, 0.2) is 30.3 Å². The SMILES string of the molecule is CC(C)n1nc(C2CC2)cc1CNCc1ccc(F)cc1. The minimum atomic E-state index is -0.189. The van der Waals surface area contributed by atoms with Crippen molar-refractivity contribution in [2.24, 2.45) is 0 Å². The van der Waals surface area contributed by atoms with Crippen LogP contribution in [0.2, 0.25) is 0 Å². The van der Waals surface area contributed by atoms with Crippen molar-refractivity contribution in [2.75, 3.05) is 0 Å². The van der Waals surface area contributed by atoms with E-state index in [9.17, 15) is 4.39 Å². The molecule has 0 atom stereocenters. The number of aromatic nitrogens is 2. The first-order valence-corrected chi connectivity index (χ1v) is 7.67. The zero-order valence-electron chi connectivity index (χ0n) is 12.6. The molecule has 0 aliphatic heterocycles. The first-order chi connectivity index (χ1) is 10.1. The molecule has 1 aromatic carbocycles. The first-order valence-electron chi connectivity index (χ1n) is 7.67. The molecule has 0 amide bonds. The van der Waals surface area contributed by atoms with Crippen molar-refractivity contribution in [2.45, 2.75) is 51.7 Å². The highest BCUT2D eigenvalue weighted by Crippen LogP contribution is 2.39. The average molecular weight is 287 g/mol. The van der Waals surface area contributed by atoms with E-state index in [4.69, 9.17) is 5.10 Å². The molecule has 1 aromatic heterocycles. The summed E-state index contributed by atoms with van der Waals surface area (Å²) in [5.41, 5.74) is 3.56. The fourth-order valence-electron chi connectivity index (χ4n) is 2.55. The third-order valence-electron chi connectivity index (χ3n) is 3.87. The number of nitrogens with zero attached hydrogens (tertiary/aromatic N) is 2. The number of hydrogen-bond donors (Lipinski definition) is 1. The van der Waals surface area contributed by atoms with E-state index in [1.165, 1.54) is 36.4 Å². The standard InChI is InChI=1S/C17H22FN3/c1-12(2)21-16(9-17(20-21)14-5-6-14)11-19-10-13-3-7-15(18)8-4-13/h3-4,7-9,12,14,19H,5-6,10-11H2,1-2H3. The Morgan fingerprint density at radius 2 is 1.95 bits per heavy atom. The first kappa shape index (κ1) is 14.3. The van der Waals surface area contributed by atoms with Crippen LogP contribution >= 0.6 is 0 Å². The molecule has 1 aliphatic carbocycles. The Kier molecular flexibility index (Phi) is 4.06. The van der Waals surface area contributed by atoms with Crippen molar-refractivity contribution in [1.82, 2.24) is 15.1 Å². The number of rotatable bonds is 6. The summed E-state index contributed by atoms with van der Waals surface area (Å²) in [4.78, 5) is 0. The molecular weight excluding hydrogens is 265 g/mol. The van der Waals surface area contributed by atoms with E-state index < -0.39 is 0 Å². The maximum atomic E-state index is 12.9. The lowest BCUT2D eigenvalue weighted by Crippen LogP contribution is -2.17. The van der Waals surface area contributed by atoms with Crippen molar-refractivity contribution < 1.29 is 4.39 Å². The van der Waals surface area contributed by atoms with Crippen molar-refractivity contribution in [3.05, 3.63) is 53.1 Å². The molecule has 0 spiro atoms. The van der Waals surface area contributed by atoms with Gasteiger partial charge in [0.25, 0.3) is 0 Å². The summed E-state index contributed by atoms with van der Waals surface area (Å²) in [7, 11) is 0. The van der Waals surface area contributed by atoms with Gasteiger partial charge in [-0.2, -0.15) is 5.10 Å². The van der Waals surface area contributed by atoms with Gasteiger partial charge in [0.1, 0.15) is 5.82 Å². The lowest BCUT2D eigenvalue weighted by Gasteiger charge is -2.11. The number of hydrogen-bond acceptors (Lipinski definition) is 2. The van der Waals surface area contributed by atoms with E-state index in [2.05, 4.69) is 29.9 Å². The number of nitrogens with one attached hydrogen (secondary N) is 1. The molecule has 0 bridgehead atoms. The highest BCUT2D eigenvalue weighted by Gasteiger charge is 2.27. The van der Waals surface area contributed by atoms with Crippen LogP contribution in [-0.4, -0.2) is 9.78 Å². The Morgan fingerprint density at radius 3 is 2.57 bits per heavy atom. The Bertz CT molecular complexity index is 597. The van der Waals surface area contributed by atoms with Crippen LogP contribution in [0, 0.1) is 5.82 Å². The predicted octanol–water partition coefficient (Wildman–Crippen LogP) is 3.77. The molecule has 1 heterocycles. The van der Waals surface area contributed by atoms with Gasteiger partial charge in [-0.05, 0) is 50.5 Å². The molecule has 4 heteroatoms. The summed E-state index contributed by atoms with van der Waals surface area (Å²) in [5.74, 6) is 0.492. The van der Waals surface area contributed by atoms with E-state index in [-0.39, 0.29) is 5.82 Å². The Hall–Kier alpha value is -1.68. The highest BCUT2D eigenvalue weighted by atomic mass is 19.1. The van der Waals surface area contributed by atoms with E-state index >= 15 is 0 Å². The zero-order chi connectivity index (χ0) is 14.8. The van der Waals surface area contributed by atoms with E-state index in [0.717, 1.165) is 18.7 Å². The molecule has 0 saturated heterocycles. The molecule has 1 aliphatic rings. The van der Waals surface area contributed by atoms with Crippen LogP contribution in [0.5, 0.6) is 0 Å². The lowest BCUT2D eigenvalue weighted by atomic mass is 10.2. The topological polar surface area (TPSA) is 29.9 Å². The van der Waals surface area contributed by atoms with Crippen LogP contribution in [0.3, 0.4) is 0 Å². The molecule has 21 heavy (non-hydrogen) atoms. The minimum Gasteiger partial charge on any atom is -0.307 e. The average Bonchev–Trinajstić information content (AvgIpc) is 3.22. The van der Waals surface area contributed by atoms with Gasteiger partial charge >= 0.3 is 0 Å². The normalized spacial score (nSPS) is 14.9.